The molecule has 0 saturated heterocycles. The second-order valence-corrected chi connectivity index (χ2v) is 4.52. The second kappa shape index (κ2) is 4.29. The quantitative estimate of drug-likeness (QED) is 0.767. The minimum absolute atomic E-state index is 0.170. The zero-order valence-corrected chi connectivity index (χ0v) is 9.11. The minimum atomic E-state index is 0.170. The summed E-state index contributed by atoms with van der Waals surface area (Å²) in [7, 11) is 0. The van der Waals surface area contributed by atoms with Crippen LogP contribution in [0.5, 0.6) is 0 Å². The lowest BCUT2D eigenvalue weighted by Gasteiger charge is -2.17. The maximum Gasteiger partial charge on any atom is 0.0570 e. The molecule has 1 fully saturated rings. The fraction of sp³-hybridized carbons (Fsp3) is 0.583. The number of pyridine rings is 1. The van der Waals surface area contributed by atoms with Crippen molar-refractivity contribution in [3.63, 3.8) is 0 Å². The van der Waals surface area contributed by atoms with Gasteiger partial charge in [-0.05, 0) is 31.9 Å². The molecule has 0 spiro atoms. The van der Waals surface area contributed by atoms with E-state index in [-0.39, 0.29) is 11.5 Å². The average Bonchev–Trinajstić information content (AvgIpc) is 3.08. The first-order valence-corrected chi connectivity index (χ1v) is 5.51. The van der Waals surface area contributed by atoms with Crippen molar-refractivity contribution in [3.05, 3.63) is 30.1 Å². The zero-order valence-electron chi connectivity index (χ0n) is 9.11. The Bertz CT molecular complexity index is 309. The molecule has 0 radical (unpaired) electrons. The van der Waals surface area contributed by atoms with Gasteiger partial charge in [-0.3, -0.25) is 4.98 Å². The predicted molar refractivity (Wildman–Crippen MR) is 59.4 cm³/mol. The number of nitrogens with one attached hydrogen (secondary N) is 1. The first kappa shape index (κ1) is 10.6. The van der Waals surface area contributed by atoms with Gasteiger partial charge < -0.3 is 10.4 Å². The lowest BCUT2D eigenvalue weighted by molar-refractivity contribution is 0.204. The fourth-order valence-corrected chi connectivity index (χ4v) is 1.67. The molecule has 1 unspecified atom stereocenters. The number of hydrogen-bond donors (Lipinski definition) is 2. The van der Waals surface area contributed by atoms with Gasteiger partial charge in [0.1, 0.15) is 0 Å². The summed E-state index contributed by atoms with van der Waals surface area (Å²) in [5.74, 6) is 0. The van der Waals surface area contributed by atoms with Crippen LogP contribution in [0.4, 0.5) is 0 Å². The van der Waals surface area contributed by atoms with E-state index in [0.717, 1.165) is 25.1 Å². The number of aliphatic hydroxyl groups excluding tert-OH is 1. The van der Waals surface area contributed by atoms with E-state index in [4.69, 9.17) is 0 Å². The number of rotatable bonds is 5. The molecule has 0 aromatic carbocycles. The molecule has 0 bridgehead atoms. The molecule has 2 rings (SSSR count). The van der Waals surface area contributed by atoms with Crippen LogP contribution in [0.25, 0.3) is 0 Å². The Kier molecular flexibility index (Phi) is 3.03. The minimum Gasteiger partial charge on any atom is -0.396 e. The Morgan fingerprint density at radius 3 is 2.87 bits per heavy atom. The molecule has 1 heterocycles. The van der Waals surface area contributed by atoms with Gasteiger partial charge in [0.05, 0.1) is 5.69 Å². The van der Waals surface area contributed by atoms with Gasteiger partial charge in [0.25, 0.3) is 0 Å². The van der Waals surface area contributed by atoms with Crippen molar-refractivity contribution in [2.24, 2.45) is 5.41 Å². The van der Waals surface area contributed by atoms with Gasteiger partial charge >= 0.3 is 0 Å². The highest BCUT2D eigenvalue weighted by molar-refractivity contribution is 5.08. The number of aromatic nitrogens is 1. The Hall–Kier alpha value is -0.930. The SMILES string of the molecule is CC(NCC1(CO)CC1)c1ccccn1. The van der Waals surface area contributed by atoms with Crippen molar-refractivity contribution in [2.45, 2.75) is 25.8 Å². The Labute approximate surface area is 90.5 Å². The van der Waals surface area contributed by atoms with Gasteiger partial charge in [0.15, 0.2) is 0 Å². The first-order valence-electron chi connectivity index (χ1n) is 5.51. The van der Waals surface area contributed by atoms with Crippen LogP contribution in [0.1, 0.15) is 31.5 Å². The van der Waals surface area contributed by atoms with Gasteiger partial charge in [0, 0.05) is 30.8 Å². The van der Waals surface area contributed by atoms with Gasteiger partial charge in [-0.1, -0.05) is 6.07 Å². The van der Waals surface area contributed by atoms with Gasteiger partial charge in [-0.2, -0.15) is 0 Å². The zero-order chi connectivity index (χ0) is 10.7. The molecule has 3 heteroatoms. The predicted octanol–water partition coefficient (Wildman–Crippen LogP) is 1.50. The molecule has 1 aliphatic rings. The third-order valence-corrected chi connectivity index (χ3v) is 3.21. The number of aliphatic hydroxyl groups is 1. The van der Waals surface area contributed by atoms with E-state index in [1.807, 2.05) is 24.4 Å². The smallest absolute Gasteiger partial charge is 0.0570 e. The maximum absolute atomic E-state index is 9.18. The summed E-state index contributed by atoms with van der Waals surface area (Å²) in [6, 6.07) is 6.21. The molecule has 1 saturated carbocycles. The van der Waals surface area contributed by atoms with E-state index >= 15 is 0 Å². The van der Waals surface area contributed by atoms with Gasteiger partial charge in [-0.15, -0.1) is 0 Å². The fourth-order valence-electron chi connectivity index (χ4n) is 1.67. The highest BCUT2D eigenvalue weighted by Gasteiger charge is 2.41. The summed E-state index contributed by atoms with van der Waals surface area (Å²) in [5, 5.41) is 12.6. The maximum atomic E-state index is 9.18. The van der Waals surface area contributed by atoms with Crippen molar-refractivity contribution in [2.75, 3.05) is 13.2 Å². The molecule has 1 aromatic heterocycles. The Morgan fingerprint density at radius 2 is 2.33 bits per heavy atom. The second-order valence-electron chi connectivity index (χ2n) is 4.52. The van der Waals surface area contributed by atoms with Crippen LogP contribution < -0.4 is 5.32 Å². The molecule has 3 nitrogen and oxygen atoms in total. The number of nitrogens with zero attached hydrogens (tertiary/aromatic N) is 1. The van der Waals surface area contributed by atoms with Crippen LogP contribution in [-0.4, -0.2) is 23.2 Å². The van der Waals surface area contributed by atoms with E-state index in [1.165, 1.54) is 0 Å². The Morgan fingerprint density at radius 1 is 1.53 bits per heavy atom. The van der Waals surface area contributed by atoms with Crippen molar-refractivity contribution in [1.82, 2.24) is 10.3 Å². The lowest BCUT2D eigenvalue weighted by atomic mass is 10.1. The third kappa shape index (κ3) is 2.55. The molecule has 1 aromatic rings. The Balaban J connectivity index is 1.85. The van der Waals surface area contributed by atoms with Crippen molar-refractivity contribution in [3.8, 4) is 0 Å². The summed E-state index contributed by atoms with van der Waals surface area (Å²) in [6.45, 7) is 3.30. The molecule has 0 amide bonds. The lowest BCUT2D eigenvalue weighted by Crippen LogP contribution is -2.29. The van der Waals surface area contributed by atoms with E-state index in [1.54, 1.807) is 0 Å². The molecular weight excluding hydrogens is 188 g/mol. The van der Waals surface area contributed by atoms with E-state index in [9.17, 15) is 5.11 Å². The average molecular weight is 206 g/mol. The van der Waals surface area contributed by atoms with E-state index < -0.39 is 0 Å². The molecule has 82 valence electrons. The molecule has 15 heavy (non-hydrogen) atoms. The van der Waals surface area contributed by atoms with E-state index in [0.29, 0.717) is 6.61 Å². The highest BCUT2D eigenvalue weighted by atomic mass is 16.3. The normalized spacial score (nSPS) is 19.9. The first-order chi connectivity index (χ1) is 7.26. The van der Waals surface area contributed by atoms with Crippen LogP contribution in [0.2, 0.25) is 0 Å². The topological polar surface area (TPSA) is 45.1 Å². The van der Waals surface area contributed by atoms with Crippen molar-refractivity contribution in [1.29, 1.82) is 0 Å². The number of hydrogen-bond acceptors (Lipinski definition) is 3. The molecular formula is C12H18N2O. The van der Waals surface area contributed by atoms with Gasteiger partial charge in [-0.25, -0.2) is 0 Å². The molecule has 2 N–H and O–H groups in total. The highest BCUT2D eigenvalue weighted by Crippen LogP contribution is 2.44. The summed E-state index contributed by atoms with van der Waals surface area (Å²) >= 11 is 0. The summed E-state index contributed by atoms with van der Waals surface area (Å²) < 4.78 is 0. The monoisotopic (exact) mass is 206 g/mol. The van der Waals surface area contributed by atoms with Crippen LogP contribution in [-0.2, 0) is 0 Å². The summed E-state index contributed by atoms with van der Waals surface area (Å²) in [5.41, 5.74) is 1.23. The van der Waals surface area contributed by atoms with Crippen LogP contribution in [0.3, 0.4) is 0 Å². The van der Waals surface area contributed by atoms with Gasteiger partial charge in [0.2, 0.25) is 0 Å². The van der Waals surface area contributed by atoms with Crippen LogP contribution in [0, 0.1) is 5.41 Å². The molecule has 1 aliphatic carbocycles. The summed E-state index contributed by atoms with van der Waals surface area (Å²) in [6.07, 6.45) is 4.10. The third-order valence-electron chi connectivity index (χ3n) is 3.21. The molecule has 1 atom stereocenters. The van der Waals surface area contributed by atoms with E-state index in [2.05, 4.69) is 17.2 Å². The van der Waals surface area contributed by atoms with Crippen LogP contribution in [0.15, 0.2) is 24.4 Å². The largest absolute Gasteiger partial charge is 0.396 e. The van der Waals surface area contributed by atoms with Crippen molar-refractivity contribution < 1.29 is 5.11 Å². The van der Waals surface area contributed by atoms with Crippen molar-refractivity contribution >= 4 is 0 Å². The summed E-state index contributed by atoms with van der Waals surface area (Å²) in [4.78, 5) is 4.30. The molecule has 0 aliphatic heterocycles. The van der Waals surface area contributed by atoms with Crippen LogP contribution >= 0.6 is 0 Å². The standard InChI is InChI=1S/C12H18N2O/c1-10(11-4-2-3-7-13-11)14-8-12(9-15)5-6-12/h2-4,7,10,14-15H,5-6,8-9H2,1H3.